The molecule has 0 spiro atoms. The van der Waals surface area contributed by atoms with Gasteiger partial charge in [-0.3, -0.25) is 4.79 Å². The molecule has 100 valence electrons. The SMILES string of the molecule is O=C(C=CN1CCCCC1)C=CN1CCCCC1. The third-order valence-electron chi connectivity index (χ3n) is 3.68. The van der Waals surface area contributed by atoms with E-state index in [1.165, 1.54) is 38.5 Å². The van der Waals surface area contributed by atoms with Crippen molar-refractivity contribution in [3.8, 4) is 0 Å². The molecule has 2 saturated heterocycles. The second-order valence-electron chi connectivity index (χ2n) is 5.23. The Morgan fingerprint density at radius 1 is 0.667 bits per heavy atom. The molecule has 0 N–H and O–H groups in total. The van der Waals surface area contributed by atoms with E-state index in [4.69, 9.17) is 0 Å². The highest BCUT2D eigenvalue weighted by Gasteiger charge is 2.06. The molecular weight excluding hydrogens is 224 g/mol. The highest BCUT2D eigenvalue weighted by molar-refractivity contribution is 5.98. The lowest BCUT2D eigenvalue weighted by Crippen LogP contribution is -2.25. The quantitative estimate of drug-likeness (QED) is 0.714. The summed E-state index contributed by atoms with van der Waals surface area (Å²) in [7, 11) is 0. The number of piperidine rings is 2. The Morgan fingerprint density at radius 3 is 1.44 bits per heavy atom. The van der Waals surface area contributed by atoms with Crippen molar-refractivity contribution in [3.63, 3.8) is 0 Å². The predicted octanol–water partition coefficient (Wildman–Crippen LogP) is 2.55. The third kappa shape index (κ3) is 4.55. The third-order valence-corrected chi connectivity index (χ3v) is 3.68. The van der Waals surface area contributed by atoms with Crippen LogP contribution in [-0.4, -0.2) is 41.8 Å². The van der Waals surface area contributed by atoms with E-state index in [2.05, 4.69) is 9.80 Å². The van der Waals surface area contributed by atoms with Crippen LogP contribution in [0.5, 0.6) is 0 Å². The van der Waals surface area contributed by atoms with Crippen molar-refractivity contribution in [2.45, 2.75) is 38.5 Å². The summed E-state index contributed by atoms with van der Waals surface area (Å²) in [6.45, 7) is 4.39. The van der Waals surface area contributed by atoms with Crippen molar-refractivity contribution in [3.05, 3.63) is 24.6 Å². The predicted molar refractivity (Wildman–Crippen MR) is 74.1 cm³/mol. The molecule has 0 unspecified atom stereocenters. The second-order valence-corrected chi connectivity index (χ2v) is 5.23. The topological polar surface area (TPSA) is 23.6 Å². The standard InChI is InChI=1S/C15H24N2O/c18-15(7-13-16-9-3-1-4-10-16)8-14-17-11-5-2-6-12-17/h7-8,13-14H,1-6,9-12H2. The highest BCUT2D eigenvalue weighted by atomic mass is 16.1. The van der Waals surface area contributed by atoms with Gasteiger partial charge in [-0.25, -0.2) is 0 Å². The summed E-state index contributed by atoms with van der Waals surface area (Å²) in [5, 5.41) is 0. The molecule has 3 nitrogen and oxygen atoms in total. The summed E-state index contributed by atoms with van der Waals surface area (Å²) < 4.78 is 0. The number of carbonyl (C=O) groups is 1. The summed E-state index contributed by atoms with van der Waals surface area (Å²) in [6, 6.07) is 0. The van der Waals surface area contributed by atoms with Crippen molar-refractivity contribution < 1.29 is 4.79 Å². The minimum atomic E-state index is 0.103. The summed E-state index contributed by atoms with van der Waals surface area (Å²) in [4.78, 5) is 16.2. The van der Waals surface area contributed by atoms with Crippen LogP contribution in [0.25, 0.3) is 0 Å². The fourth-order valence-electron chi connectivity index (χ4n) is 2.55. The van der Waals surface area contributed by atoms with E-state index in [0.29, 0.717) is 0 Å². The minimum absolute atomic E-state index is 0.103. The molecule has 3 heteroatoms. The van der Waals surface area contributed by atoms with Gasteiger partial charge in [0, 0.05) is 50.7 Å². The van der Waals surface area contributed by atoms with Gasteiger partial charge >= 0.3 is 0 Å². The number of ketones is 1. The smallest absolute Gasteiger partial charge is 0.181 e. The van der Waals surface area contributed by atoms with E-state index >= 15 is 0 Å². The first-order valence-corrected chi connectivity index (χ1v) is 7.23. The number of carbonyl (C=O) groups excluding carboxylic acids is 1. The average Bonchev–Trinajstić information content (AvgIpc) is 2.45. The van der Waals surface area contributed by atoms with E-state index in [1.54, 1.807) is 12.2 Å². The van der Waals surface area contributed by atoms with Crippen molar-refractivity contribution in [2.24, 2.45) is 0 Å². The van der Waals surface area contributed by atoms with Gasteiger partial charge < -0.3 is 9.80 Å². The first-order chi connectivity index (χ1) is 8.84. The zero-order valence-electron chi connectivity index (χ0n) is 11.2. The molecule has 0 aromatic heterocycles. The molecule has 2 aliphatic heterocycles. The minimum Gasteiger partial charge on any atom is -0.377 e. The molecule has 0 bridgehead atoms. The van der Waals surface area contributed by atoms with Gasteiger partial charge in [0.1, 0.15) is 0 Å². The molecule has 2 aliphatic rings. The molecule has 0 atom stereocenters. The van der Waals surface area contributed by atoms with Gasteiger partial charge in [0.25, 0.3) is 0 Å². The lowest BCUT2D eigenvalue weighted by molar-refractivity contribution is -0.110. The van der Waals surface area contributed by atoms with Gasteiger partial charge in [-0.15, -0.1) is 0 Å². The monoisotopic (exact) mass is 248 g/mol. The number of nitrogens with zero attached hydrogens (tertiary/aromatic N) is 2. The zero-order valence-corrected chi connectivity index (χ0v) is 11.2. The van der Waals surface area contributed by atoms with Crippen LogP contribution in [0.15, 0.2) is 24.6 Å². The van der Waals surface area contributed by atoms with Crippen LogP contribution in [0.3, 0.4) is 0 Å². The molecule has 2 heterocycles. The molecular formula is C15H24N2O. The normalized spacial score (nSPS) is 22.0. The summed E-state index contributed by atoms with van der Waals surface area (Å²) in [5.41, 5.74) is 0. The largest absolute Gasteiger partial charge is 0.377 e. The van der Waals surface area contributed by atoms with Gasteiger partial charge in [0.15, 0.2) is 5.78 Å². The van der Waals surface area contributed by atoms with Crippen LogP contribution in [0.1, 0.15) is 38.5 Å². The molecule has 0 radical (unpaired) electrons. The zero-order chi connectivity index (χ0) is 12.6. The van der Waals surface area contributed by atoms with Crippen LogP contribution in [0.2, 0.25) is 0 Å². The number of hydrogen-bond acceptors (Lipinski definition) is 3. The molecule has 0 aromatic rings. The van der Waals surface area contributed by atoms with E-state index in [-0.39, 0.29) is 5.78 Å². The first-order valence-electron chi connectivity index (χ1n) is 7.23. The Balaban J connectivity index is 1.73. The molecule has 2 rings (SSSR count). The van der Waals surface area contributed by atoms with Crippen molar-refractivity contribution in [1.82, 2.24) is 9.80 Å². The lowest BCUT2D eigenvalue weighted by atomic mass is 10.1. The van der Waals surface area contributed by atoms with Crippen LogP contribution in [0, 0.1) is 0 Å². The van der Waals surface area contributed by atoms with Crippen LogP contribution >= 0.6 is 0 Å². The maximum Gasteiger partial charge on any atom is 0.181 e. The Kier molecular flexibility index (Phi) is 5.31. The molecule has 2 fully saturated rings. The maximum atomic E-state index is 11.7. The van der Waals surface area contributed by atoms with Gasteiger partial charge in [0.2, 0.25) is 0 Å². The van der Waals surface area contributed by atoms with E-state index in [0.717, 1.165) is 26.2 Å². The van der Waals surface area contributed by atoms with E-state index in [9.17, 15) is 4.79 Å². The summed E-state index contributed by atoms with van der Waals surface area (Å²) >= 11 is 0. The van der Waals surface area contributed by atoms with Crippen LogP contribution in [0.4, 0.5) is 0 Å². The highest BCUT2D eigenvalue weighted by Crippen LogP contribution is 2.09. The van der Waals surface area contributed by atoms with Gasteiger partial charge in [-0.05, 0) is 38.5 Å². The van der Waals surface area contributed by atoms with E-state index < -0.39 is 0 Å². The average molecular weight is 248 g/mol. The lowest BCUT2D eigenvalue weighted by Gasteiger charge is -2.25. The van der Waals surface area contributed by atoms with Gasteiger partial charge in [-0.1, -0.05) is 0 Å². The number of rotatable bonds is 4. The van der Waals surface area contributed by atoms with Crippen molar-refractivity contribution >= 4 is 5.78 Å². The number of hydrogen-bond donors (Lipinski definition) is 0. The molecule has 0 aromatic carbocycles. The van der Waals surface area contributed by atoms with E-state index in [1.807, 2.05) is 12.4 Å². The molecule has 18 heavy (non-hydrogen) atoms. The Hall–Kier alpha value is -1.25. The second kappa shape index (κ2) is 7.24. The molecule has 0 saturated carbocycles. The first kappa shape index (κ1) is 13.2. The van der Waals surface area contributed by atoms with Crippen molar-refractivity contribution in [1.29, 1.82) is 0 Å². The Morgan fingerprint density at radius 2 is 1.06 bits per heavy atom. The van der Waals surface area contributed by atoms with Gasteiger partial charge in [0.05, 0.1) is 0 Å². The summed E-state index contributed by atoms with van der Waals surface area (Å²) in [5.74, 6) is 0.103. The van der Waals surface area contributed by atoms with Gasteiger partial charge in [-0.2, -0.15) is 0 Å². The number of likely N-dealkylation sites (tertiary alicyclic amines) is 2. The van der Waals surface area contributed by atoms with Crippen molar-refractivity contribution in [2.75, 3.05) is 26.2 Å². The maximum absolute atomic E-state index is 11.7. The Bertz CT molecular complexity index is 280. The number of allylic oxidation sites excluding steroid dienone is 2. The molecule has 0 amide bonds. The Labute approximate surface area is 110 Å². The fraction of sp³-hybridized carbons (Fsp3) is 0.667. The fourth-order valence-corrected chi connectivity index (χ4v) is 2.55. The summed E-state index contributed by atoms with van der Waals surface area (Å²) in [6.07, 6.45) is 15.0. The van der Waals surface area contributed by atoms with Crippen LogP contribution < -0.4 is 0 Å². The molecule has 0 aliphatic carbocycles. The van der Waals surface area contributed by atoms with Crippen LogP contribution in [-0.2, 0) is 4.79 Å².